The molecule has 22 heavy (non-hydrogen) atoms. The monoisotopic (exact) mass is 335 g/mol. The van der Waals surface area contributed by atoms with Crippen molar-refractivity contribution in [2.75, 3.05) is 39.8 Å². The molecule has 0 saturated carbocycles. The SMILES string of the molecule is CN1CCN(CC(=O)c2cnc(-c3ccc(Cl)cc3)s2)CC1. The van der Waals surface area contributed by atoms with E-state index >= 15 is 0 Å². The highest BCUT2D eigenvalue weighted by molar-refractivity contribution is 7.17. The number of aromatic nitrogens is 1. The highest BCUT2D eigenvalue weighted by Crippen LogP contribution is 2.26. The number of hydrogen-bond acceptors (Lipinski definition) is 5. The van der Waals surface area contributed by atoms with E-state index in [0.717, 1.165) is 41.6 Å². The number of rotatable bonds is 4. The number of nitrogens with zero attached hydrogens (tertiary/aromatic N) is 3. The Balaban J connectivity index is 1.65. The van der Waals surface area contributed by atoms with Gasteiger partial charge in [0.1, 0.15) is 5.01 Å². The second-order valence-corrected chi connectivity index (χ2v) is 7.01. The molecule has 2 heterocycles. The highest BCUT2D eigenvalue weighted by atomic mass is 35.5. The van der Waals surface area contributed by atoms with E-state index in [0.29, 0.717) is 11.6 Å². The van der Waals surface area contributed by atoms with Crippen LogP contribution in [0.5, 0.6) is 0 Å². The maximum absolute atomic E-state index is 12.4. The molecule has 0 spiro atoms. The Morgan fingerprint density at radius 3 is 2.59 bits per heavy atom. The molecule has 3 rings (SSSR count). The Hall–Kier alpha value is -1.27. The third-order valence-corrected chi connectivity index (χ3v) is 5.17. The van der Waals surface area contributed by atoms with Crippen molar-refractivity contribution in [2.24, 2.45) is 0 Å². The second-order valence-electron chi connectivity index (χ2n) is 5.54. The summed E-state index contributed by atoms with van der Waals surface area (Å²) in [6, 6.07) is 7.53. The van der Waals surface area contributed by atoms with Crippen LogP contribution in [-0.4, -0.2) is 60.3 Å². The van der Waals surface area contributed by atoms with Gasteiger partial charge in [-0.05, 0) is 19.2 Å². The Bertz CT molecular complexity index is 648. The van der Waals surface area contributed by atoms with Gasteiger partial charge in [-0.1, -0.05) is 23.7 Å². The molecule has 0 N–H and O–H groups in total. The van der Waals surface area contributed by atoms with Crippen LogP contribution in [0.2, 0.25) is 5.02 Å². The van der Waals surface area contributed by atoms with E-state index in [4.69, 9.17) is 11.6 Å². The Kier molecular flexibility index (Phi) is 4.88. The van der Waals surface area contributed by atoms with E-state index in [1.165, 1.54) is 11.3 Å². The molecular formula is C16H18ClN3OS. The molecule has 1 aliphatic rings. The number of hydrogen-bond donors (Lipinski definition) is 0. The first-order valence-corrected chi connectivity index (χ1v) is 8.47. The number of benzene rings is 1. The second kappa shape index (κ2) is 6.87. The van der Waals surface area contributed by atoms with Gasteiger partial charge in [-0.3, -0.25) is 9.69 Å². The van der Waals surface area contributed by atoms with Crippen molar-refractivity contribution in [3.05, 3.63) is 40.4 Å². The predicted molar refractivity (Wildman–Crippen MR) is 90.8 cm³/mol. The van der Waals surface area contributed by atoms with Gasteiger partial charge in [-0.25, -0.2) is 4.98 Å². The predicted octanol–water partition coefficient (Wildman–Crippen LogP) is 2.89. The number of piperazine rings is 1. The quantitative estimate of drug-likeness (QED) is 0.805. The average Bonchev–Trinajstić information content (AvgIpc) is 3.00. The minimum absolute atomic E-state index is 0.155. The van der Waals surface area contributed by atoms with Gasteiger partial charge in [0, 0.05) is 43.0 Å². The molecule has 1 aliphatic heterocycles. The number of thiazole rings is 1. The van der Waals surface area contributed by atoms with E-state index in [1.54, 1.807) is 6.20 Å². The first kappa shape index (κ1) is 15.6. The minimum atomic E-state index is 0.155. The van der Waals surface area contributed by atoms with Gasteiger partial charge in [0.25, 0.3) is 0 Å². The van der Waals surface area contributed by atoms with Crippen LogP contribution < -0.4 is 0 Å². The van der Waals surface area contributed by atoms with Crippen LogP contribution in [-0.2, 0) is 0 Å². The van der Waals surface area contributed by atoms with Crippen LogP contribution >= 0.6 is 22.9 Å². The molecule has 4 nitrogen and oxygen atoms in total. The molecule has 1 aromatic carbocycles. The summed E-state index contributed by atoms with van der Waals surface area (Å²) in [6.45, 7) is 4.42. The average molecular weight is 336 g/mol. The van der Waals surface area contributed by atoms with Crippen molar-refractivity contribution in [1.29, 1.82) is 0 Å². The molecule has 6 heteroatoms. The fraction of sp³-hybridized carbons (Fsp3) is 0.375. The third-order valence-electron chi connectivity index (χ3n) is 3.83. The molecule has 0 unspecified atom stereocenters. The fourth-order valence-corrected chi connectivity index (χ4v) is 3.39. The minimum Gasteiger partial charge on any atom is -0.304 e. The van der Waals surface area contributed by atoms with Gasteiger partial charge in [-0.2, -0.15) is 0 Å². The zero-order valence-corrected chi connectivity index (χ0v) is 14.0. The van der Waals surface area contributed by atoms with Gasteiger partial charge in [0.2, 0.25) is 0 Å². The molecule has 0 aliphatic carbocycles. The molecule has 1 saturated heterocycles. The van der Waals surface area contributed by atoms with Gasteiger partial charge in [0.15, 0.2) is 5.78 Å². The van der Waals surface area contributed by atoms with Crippen molar-refractivity contribution < 1.29 is 4.79 Å². The van der Waals surface area contributed by atoms with Crippen LogP contribution in [0.4, 0.5) is 0 Å². The summed E-state index contributed by atoms with van der Waals surface area (Å²) in [7, 11) is 2.11. The molecule has 1 aromatic heterocycles. The Morgan fingerprint density at radius 2 is 1.91 bits per heavy atom. The number of likely N-dealkylation sites (N-methyl/N-ethyl adjacent to an activating group) is 1. The van der Waals surface area contributed by atoms with Crippen molar-refractivity contribution >= 4 is 28.7 Å². The lowest BCUT2D eigenvalue weighted by Crippen LogP contribution is -2.46. The van der Waals surface area contributed by atoms with Crippen LogP contribution in [0, 0.1) is 0 Å². The molecule has 0 amide bonds. The topological polar surface area (TPSA) is 36.4 Å². The number of halogens is 1. The van der Waals surface area contributed by atoms with Crippen LogP contribution in [0.15, 0.2) is 30.5 Å². The number of ketones is 1. The van der Waals surface area contributed by atoms with E-state index in [-0.39, 0.29) is 5.78 Å². The van der Waals surface area contributed by atoms with E-state index in [2.05, 4.69) is 21.8 Å². The van der Waals surface area contributed by atoms with E-state index < -0.39 is 0 Å². The first-order chi connectivity index (χ1) is 10.6. The number of carbonyl (C=O) groups excluding carboxylic acids is 1. The van der Waals surface area contributed by atoms with Crippen LogP contribution in [0.3, 0.4) is 0 Å². The first-order valence-electron chi connectivity index (χ1n) is 7.28. The lowest BCUT2D eigenvalue weighted by Gasteiger charge is -2.31. The summed E-state index contributed by atoms with van der Waals surface area (Å²) >= 11 is 7.34. The third kappa shape index (κ3) is 3.73. The largest absolute Gasteiger partial charge is 0.304 e. The van der Waals surface area contributed by atoms with Gasteiger partial charge in [0.05, 0.1) is 11.4 Å². The summed E-state index contributed by atoms with van der Waals surface area (Å²) in [5, 5.41) is 1.56. The standard InChI is InChI=1S/C16H18ClN3OS/c1-19-6-8-20(9-7-19)11-14(21)15-10-18-16(22-15)12-2-4-13(17)5-3-12/h2-5,10H,6-9,11H2,1H3. The van der Waals surface area contributed by atoms with Gasteiger partial charge in [-0.15, -0.1) is 11.3 Å². The summed E-state index contributed by atoms with van der Waals surface area (Å²) in [5.74, 6) is 0.155. The van der Waals surface area contributed by atoms with E-state index in [1.807, 2.05) is 24.3 Å². The normalized spacial score (nSPS) is 16.8. The molecule has 2 aromatic rings. The van der Waals surface area contributed by atoms with Crippen LogP contribution in [0.1, 0.15) is 9.67 Å². The zero-order valence-electron chi connectivity index (χ0n) is 12.5. The fourth-order valence-electron chi connectivity index (χ4n) is 2.42. The summed E-state index contributed by atoms with van der Waals surface area (Å²) < 4.78 is 0. The van der Waals surface area contributed by atoms with Gasteiger partial charge < -0.3 is 4.90 Å². The number of Topliss-reactive ketones (excluding diaryl/α,β-unsaturated/α-hetero) is 1. The Labute approximate surface area is 139 Å². The highest BCUT2D eigenvalue weighted by Gasteiger charge is 2.19. The lowest BCUT2D eigenvalue weighted by atomic mass is 10.2. The van der Waals surface area contributed by atoms with Crippen molar-refractivity contribution in [3.63, 3.8) is 0 Å². The smallest absolute Gasteiger partial charge is 0.188 e. The maximum atomic E-state index is 12.4. The molecule has 1 fully saturated rings. The van der Waals surface area contributed by atoms with E-state index in [9.17, 15) is 4.79 Å². The summed E-state index contributed by atoms with van der Waals surface area (Å²) in [6.07, 6.45) is 1.69. The maximum Gasteiger partial charge on any atom is 0.188 e. The number of carbonyl (C=O) groups is 1. The molecule has 116 valence electrons. The molecule has 0 radical (unpaired) electrons. The van der Waals surface area contributed by atoms with Crippen molar-refractivity contribution in [3.8, 4) is 10.6 Å². The summed E-state index contributed by atoms with van der Waals surface area (Å²) in [5.41, 5.74) is 0.994. The zero-order chi connectivity index (χ0) is 15.5. The molecular weight excluding hydrogens is 318 g/mol. The summed E-state index contributed by atoms with van der Waals surface area (Å²) in [4.78, 5) is 22.0. The lowest BCUT2D eigenvalue weighted by molar-refractivity contribution is 0.0880. The van der Waals surface area contributed by atoms with Crippen LogP contribution in [0.25, 0.3) is 10.6 Å². The van der Waals surface area contributed by atoms with Crippen molar-refractivity contribution in [1.82, 2.24) is 14.8 Å². The van der Waals surface area contributed by atoms with Gasteiger partial charge >= 0.3 is 0 Å². The van der Waals surface area contributed by atoms with Crippen molar-refractivity contribution in [2.45, 2.75) is 0 Å². The molecule has 0 bridgehead atoms. The molecule has 0 atom stereocenters. The Morgan fingerprint density at radius 1 is 1.23 bits per heavy atom.